The molecule has 4 rings (SSSR count). The molecule has 26 heavy (non-hydrogen) atoms. The second kappa shape index (κ2) is 6.10. The Hall–Kier alpha value is -2.38. The van der Waals surface area contributed by atoms with Gasteiger partial charge < -0.3 is 14.8 Å². The van der Waals surface area contributed by atoms with Gasteiger partial charge >= 0.3 is 0 Å². The number of phenolic OH excluding ortho intramolecular Hbond substituents is 1. The van der Waals surface area contributed by atoms with Crippen LogP contribution in [0.1, 0.15) is 49.7 Å². The zero-order valence-corrected chi connectivity index (χ0v) is 14.5. The molecular weight excluding hydrogens is 340 g/mol. The highest BCUT2D eigenvalue weighted by molar-refractivity contribution is 5.41. The van der Waals surface area contributed by atoms with Gasteiger partial charge in [0.25, 0.3) is 5.09 Å². The summed E-state index contributed by atoms with van der Waals surface area (Å²) in [6.07, 6.45) is 2.85. The number of phenols is 1. The molecule has 2 fully saturated rings. The fraction of sp³-hybridized carbons (Fsp3) is 0.667. The smallest absolute Gasteiger partial charge is 0.294 e. The molecule has 0 amide bonds. The molecule has 3 aliphatic carbocycles. The van der Waals surface area contributed by atoms with Gasteiger partial charge in [-0.2, -0.15) is 0 Å². The van der Waals surface area contributed by atoms with Crippen LogP contribution in [-0.2, 0) is 16.1 Å². The highest BCUT2D eigenvalue weighted by atomic mass is 17.0. The van der Waals surface area contributed by atoms with Gasteiger partial charge in [-0.25, -0.2) is 0 Å². The number of aryl methyl sites for hydroxylation is 1. The van der Waals surface area contributed by atoms with Gasteiger partial charge in [0.15, 0.2) is 5.34 Å². The van der Waals surface area contributed by atoms with Gasteiger partial charge in [0.05, 0.1) is 0 Å². The van der Waals surface area contributed by atoms with E-state index in [2.05, 4.69) is 5.34 Å². The van der Waals surface area contributed by atoms with Crippen LogP contribution in [0.25, 0.3) is 0 Å². The van der Waals surface area contributed by atoms with Crippen LogP contribution < -0.4 is 0 Å². The number of benzene rings is 1. The summed E-state index contributed by atoms with van der Waals surface area (Å²) in [7, 11) is 0. The van der Waals surface area contributed by atoms with Crippen molar-refractivity contribution in [2.75, 3.05) is 0 Å². The lowest BCUT2D eigenvalue weighted by Crippen LogP contribution is -2.51. The third-order valence-electron chi connectivity index (χ3n) is 6.97. The minimum absolute atomic E-state index is 0.0919. The maximum absolute atomic E-state index is 11.2. The van der Waals surface area contributed by atoms with E-state index in [0.717, 1.165) is 36.8 Å². The number of aromatic hydroxyl groups is 1. The fourth-order valence-electron chi connectivity index (χ4n) is 6.01. The molecule has 1 N–H and O–H groups in total. The molecule has 1 aromatic carbocycles. The Morgan fingerprint density at radius 3 is 2.88 bits per heavy atom. The van der Waals surface area contributed by atoms with Crippen LogP contribution in [0.3, 0.4) is 0 Å². The molecule has 0 aromatic heterocycles. The van der Waals surface area contributed by atoms with Crippen LogP contribution >= 0.6 is 0 Å². The van der Waals surface area contributed by atoms with E-state index in [1.807, 2.05) is 13.0 Å². The monoisotopic (exact) mass is 362 g/mol. The van der Waals surface area contributed by atoms with E-state index in [9.17, 15) is 20.1 Å². The summed E-state index contributed by atoms with van der Waals surface area (Å²) in [5, 5.41) is 22.9. The molecule has 0 radical (unpaired) electrons. The Morgan fingerprint density at radius 2 is 2.15 bits per heavy atom. The molecule has 140 valence electrons. The number of fused-ring (bicyclic) bond motifs is 5. The topological polar surface area (TPSA) is 111 Å². The van der Waals surface area contributed by atoms with Crippen LogP contribution in [-0.4, -0.2) is 22.4 Å². The largest absolute Gasteiger partial charge is 0.508 e. The second-order valence-electron chi connectivity index (χ2n) is 8.04. The van der Waals surface area contributed by atoms with Gasteiger partial charge in [-0.3, -0.25) is 0 Å². The summed E-state index contributed by atoms with van der Waals surface area (Å²) in [6.45, 7) is 2.04. The lowest BCUT2D eigenvalue weighted by atomic mass is 9.54. The van der Waals surface area contributed by atoms with Gasteiger partial charge in [0.1, 0.15) is 18.0 Å². The second-order valence-corrected chi connectivity index (χ2v) is 8.04. The molecular formula is C18H22N2O6. The average molecular weight is 362 g/mol. The maximum Gasteiger partial charge on any atom is 0.294 e. The maximum atomic E-state index is 11.2. The summed E-state index contributed by atoms with van der Waals surface area (Å²) in [6, 6.07) is 5.25. The van der Waals surface area contributed by atoms with Gasteiger partial charge in [-0.15, -0.1) is 15.0 Å². The van der Waals surface area contributed by atoms with Gasteiger partial charge in [-0.1, -0.05) is 13.0 Å². The van der Waals surface area contributed by atoms with Crippen molar-refractivity contribution in [2.45, 2.75) is 57.2 Å². The molecule has 3 aliphatic rings. The van der Waals surface area contributed by atoms with Gasteiger partial charge in [0, 0.05) is 11.3 Å². The van der Waals surface area contributed by atoms with E-state index in [-0.39, 0.29) is 29.1 Å². The molecule has 0 saturated heterocycles. The van der Waals surface area contributed by atoms with Crippen molar-refractivity contribution in [2.24, 2.45) is 22.6 Å². The molecule has 6 atom stereocenters. The van der Waals surface area contributed by atoms with Crippen LogP contribution in [0.4, 0.5) is 0 Å². The zero-order valence-electron chi connectivity index (χ0n) is 14.5. The average Bonchev–Trinajstić information content (AvgIpc) is 2.90. The number of nitrogens with zero attached hydrogens (tertiary/aromatic N) is 2. The Labute approximate surface area is 150 Å². The Kier molecular flexibility index (Phi) is 4.00. The molecule has 8 nitrogen and oxygen atoms in total. The van der Waals surface area contributed by atoms with Crippen molar-refractivity contribution in [3.63, 3.8) is 0 Å². The predicted octanol–water partition coefficient (Wildman–Crippen LogP) is 3.50. The SMILES string of the molecule is CC12CC(O[N+](=O)[O-])C3c4ccc(O)cc4CCC3C1CCC2ON=O. The lowest BCUT2D eigenvalue weighted by molar-refractivity contribution is -0.771. The van der Waals surface area contributed by atoms with Crippen molar-refractivity contribution in [1.29, 1.82) is 0 Å². The number of rotatable bonds is 4. The first-order valence-electron chi connectivity index (χ1n) is 9.05. The van der Waals surface area contributed by atoms with Crippen LogP contribution in [0.15, 0.2) is 23.5 Å². The predicted molar refractivity (Wildman–Crippen MR) is 90.6 cm³/mol. The first-order valence-corrected chi connectivity index (χ1v) is 9.05. The van der Waals surface area contributed by atoms with E-state index in [0.29, 0.717) is 12.3 Å². The minimum atomic E-state index is -0.719. The van der Waals surface area contributed by atoms with Crippen molar-refractivity contribution in [3.8, 4) is 5.75 Å². The molecule has 0 bridgehead atoms. The molecule has 2 saturated carbocycles. The lowest BCUT2D eigenvalue weighted by Gasteiger charge is -2.52. The van der Waals surface area contributed by atoms with Crippen molar-refractivity contribution >= 4 is 0 Å². The first kappa shape index (κ1) is 17.1. The third kappa shape index (κ3) is 2.50. The quantitative estimate of drug-likeness (QED) is 0.498. The summed E-state index contributed by atoms with van der Waals surface area (Å²) >= 11 is 0. The summed E-state index contributed by atoms with van der Waals surface area (Å²) in [5.74, 6) is 0.635. The molecule has 0 spiro atoms. The standard InChI is InChI=1S/C18H22N2O6/c1-18-9-15(26-20(23)24)17-12-5-3-11(21)8-10(12)2-4-13(17)14(18)6-7-16(18)25-19-22/h3,5,8,13-17,21H,2,4,6-7,9H2,1H3. The van der Waals surface area contributed by atoms with E-state index in [1.54, 1.807) is 12.1 Å². The van der Waals surface area contributed by atoms with Gasteiger partial charge in [-0.05, 0) is 67.2 Å². The van der Waals surface area contributed by atoms with E-state index in [4.69, 9.17) is 9.68 Å². The molecule has 8 heteroatoms. The van der Waals surface area contributed by atoms with Gasteiger partial charge in [0.2, 0.25) is 0 Å². The van der Waals surface area contributed by atoms with E-state index in [1.165, 1.54) is 0 Å². The Bertz CT molecular complexity index is 740. The normalized spacial score (nSPS) is 37.8. The first-order chi connectivity index (χ1) is 12.4. The number of hydrogen-bond acceptors (Lipinski definition) is 7. The molecule has 1 aromatic rings. The summed E-state index contributed by atoms with van der Waals surface area (Å²) < 4.78 is 0. The Balaban J connectivity index is 1.75. The van der Waals surface area contributed by atoms with E-state index < -0.39 is 11.2 Å². The van der Waals surface area contributed by atoms with Crippen LogP contribution in [0, 0.1) is 32.3 Å². The minimum Gasteiger partial charge on any atom is -0.508 e. The van der Waals surface area contributed by atoms with E-state index >= 15 is 0 Å². The highest BCUT2D eigenvalue weighted by Crippen LogP contribution is 2.62. The van der Waals surface area contributed by atoms with Crippen LogP contribution in [0.5, 0.6) is 5.75 Å². The molecule has 6 unspecified atom stereocenters. The van der Waals surface area contributed by atoms with Crippen molar-refractivity contribution in [1.82, 2.24) is 0 Å². The Morgan fingerprint density at radius 1 is 1.35 bits per heavy atom. The molecule has 0 heterocycles. The summed E-state index contributed by atoms with van der Waals surface area (Å²) in [5.41, 5.74) is 1.70. The third-order valence-corrected chi connectivity index (χ3v) is 6.97. The van der Waals surface area contributed by atoms with Crippen molar-refractivity contribution < 1.29 is 19.9 Å². The highest BCUT2D eigenvalue weighted by Gasteiger charge is 2.60. The van der Waals surface area contributed by atoms with Crippen molar-refractivity contribution in [3.05, 3.63) is 44.3 Å². The summed E-state index contributed by atoms with van der Waals surface area (Å²) in [4.78, 5) is 32.1. The molecule has 0 aliphatic heterocycles. The zero-order chi connectivity index (χ0) is 18.5. The fourth-order valence-corrected chi connectivity index (χ4v) is 6.01. The number of hydrogen-bond donors (Lipinski definition) is 1. The van der Waals surface area contributed by atoms with Crippen LogP contribution in [0.2, 0.25) is 0 Å².